The van der Waals surface area contributed by atoms with Crippen LogP contribution < -0.4 is 10.6 Å². The zero-order valence-corrected chi connectivity index (χ0v) is 18.8. The predicted molar refractivity (Wildman–Crippen MR) is 123 cm³/mol. The highest BCUT2D eigenvalue weighted by molar-refractivity contribution is 6.00. The maximum absolute atomic E-state index is 14.1. The first-order valence-electron chi connectivity index (χ1n) is 10.9. The average molecular weight is 465 g/mol. The lowest BCUT2D eigenvalue weighted by atomic mass is 9.81. The summed E-state index contributed by atoms with van der Waals surface area (Å²) in [5, 5.41) is 29.0. The number of aromatic nitrogens is 3. The monoisotopic (exact) mass is 464 g/mol. The number of pyridine rings is 1. The molecule has 3 aromatic rings. The van der Waals surface area contributed by atoms with Crippen LogP contribution in [0.25, 0.3) is 16.9 Å². The number of hydrogen-bond acceptors (Lipinski definition) is 7. The van der Waals surface area contributed by atoms with Crippen LogP contribution in [-0.4, -0.2) is 56.3 Å². The standard InChI is InChI=1S/C24H25FN6O3/c1-24(2,34)22(25)12-28-23(33)18-11-27-20(8-19(18)30-16-5-14(6-16)13-32)21-4-3-17-7-15(9-26)10-29-31(17)21/h3-4,7-8,10-11,13-14,16,22,34H,5-6,12H2,1-2H3,(H,27,30)(H,28,33)/t14-,16-,22-/m1/s1. The quantitative estimate of drug-likeness (QED) is 0.436. The molecule has 0 spiro atoms. The molecule has 34 heavy (non-hydrogen) atoms. The number of fused-ring (bicyclic) bond motifs is 1. The molecule has 0 radical (unpaired) electrons. The maximum atomic E-state index is 14.1. The van der Waals surface area contributed by atoms with Crippen LogP contribution in [0.5, 0.6) is 0 Å². The molecule has 176 valence electrons. The first kappa shape index (κ1) is 23.3. The summed E-state index contributed by atoms with van der Waals surface area (Å²) in [7, 11) is 0. The molecule has 0 unspecified atom stereocenters. The van der Waals surface area contributed by atoms with Crippen molar-refractivity contribution in [1.29, 1.82) is 5.26 Å². The van der Waals surface area contributed by atoms with E-state index in [0.717, 1.165) is 11.8 Å². The van der Waals surface area contributed by atoms with Crippen molar-refractivity contribution < 1.29 is 19.1 Å². The Morgan fingerprint density at radius 3 is 2.82 bits per heavy atom. The van der Waals surface area contributed by atoms with Crippen LogP contribution in [0.4, 0.5) is 10.1 Å². The lowest BCUT2D eigenvalue weighted by Gasteiger charge is -2.33. The first-order chi connectivity index (χ1) is 16.2. The first-order valence-corrected chi connectivity index (χ1v) is 10.9. The van der Waals surface area contributed by atoms with E-state index in [2.05, 4.69) is 26.8 Å². The molecular formula is C24H25FN6O3. The molecule has 10 heteroatoms. The topological polar surface area (TPSA) is 132 Å². The zero-order valence-electron chi connectivity index (χ0n) is 18.8. The minimum atomic E-state index is -1.64. The van der Waals surface area contributed by atoms with Gasteiger partial charge in [0.05, 0.1) is 52.1 Å². The molecule has 1 atom stereocenters. The Morgan fingerprint density at radius 2 is 2.15 bits per heavy atom. The Morgan fingerprint density at radius 1 is 1.38 bits per heavy atom. The van der Waals surface area contributed by atoms with Gasteiger partial charge < -0.3 is 20.5 Å². The summed E-state index contributed by atoms with van der Waals surface area (Å²) < 4.78 is 15.8. The van der Waals surface area contributed by atoms with Gasteiger partial charge >= 0.3 is 0 Å². The van der Waals surface area contributed by atoms with Crippen LogP contribution in [-0.2, 0) is 4.79 Å². The van der Waals surface area contributed by atoms with E-state index in [1.807, 2.05) is 12.1 Å². The molecular weight excluding hydrogens is 439 g/mol. The number of hydrogen-bond donors (Lipinski definition) is 3. The largest absolute Gasteiger partial charge is 0.387 e. The normalized spacial score (nSPS) is 18.6. The van der Waals surface area contributed by atoms with E-state index < -0.39 is 17.7 Å². The van der Waals surface area contributed by atoms with E-state index in [1.165, 1.54) is 26.2 Å². The third-order valence-corrected chi connectivity index (χ3v) is 5.98. The van der Waals surface area contributed by atoms with Crippen molar-refractivity contribution in [3.8, 4) is 17.5 Å². The number of rotatable bonds is 8. The molecule has 1 aliphatic carbocycles. The lowest BCUT2D eigenvalue weighted by molar-refractivity contribution is -0.113. The molecule has 0 aliphatic heterocycles. The molecule has 3 aromatic heterocycles. The van der Waals surface area contributed by atoms with E-state index >= 15 is 0 Å². The SMILES string of the molecule is CC(C)(O)[C@H](F)CNC(=O)c1cnc(-c2ccc3cc(C#N)cnn23)cc1N[C@H]1C[C@H](C=O)C1. The number of anilines is 1. The smallest absolute Gasteiger partial charge is 0.255 e. The van der Waals surface area contributed by atoms with Gasteiger partial charge in [-0.1, -0.05) is 0 Å². The molecule has 9 nitrogen and oxygen atoms in total. The van der Waals surface area contributed by atoms with E-state index in [-0.39, 0.29) is 24.1 Å². The highest BCUT2D eigenvalue weighted by atomic mass is 19.1. The minimum absolute atomic E-state index is 0.0109. The summed E-state index contributed by atoms with van der Waals surface area (Å²) in [6.07, 6.45) is 3.46. The maximum Gasteiger partial charge on any atom is 0.255 e. The number of nitrogens with zero attached hydrogens (tertiary/aromatic N) is 4. The van der Waals surface area contributed by atoms with Gasteiger partial charge in [0.2, 0.25) is 0 Å². The number of aliphatic hydroxyl groups is 1. The second kappa shape index (κ2) is 9.19. The number of halogens is 1. The molecule has 1 saturated carbocycles. The summed E-state index contributed by atoms with van der Waals surface area (Å²) in [6.45, 7) is 2.32. The summed E-state index contributed by atoms with van der Waals surface area (Å²) >= 11 is 0. The van der Waals surface area contributed by atoms with Gasteiger partial charge in [0.1, 0.15) is 18.5 Å². The van der Waals surface area contributed by atoms with Gasteiger partial charge in [-0.15, -0.1) is 0 Å². The number of carbonyl (C=O) groups excluding carboxylic acids is 2. The third kappa shape index (κ3) is 4.75. The second-order valence-electron chi connectivity index (χ2n) is 9.07. The van der Waals surface area contributed by atoms with Gasteiger partial charge in [-0.25, -0.2) is 8.91 Å². The zero-order chi connectivity index (χ0) is 24.5. The van der Waals surface area contributed by atoms with Crippen LogP contribution in [0.15, 0.2) is 36.7 Å². The Labute approximate surface area is 195 Å². The molecule has 1 amide bonds. The number of nitrogens with one attached hydrogen (secondary N) is 2. The summed E-state index contributed by atoms with van der Waals surface area (Å²) in [5.74, 6) is -0.542. The number of amides is 1. The van der Waals surface area contributed by atoms with Crippen molar-refractivity contribution >= 4 is 23.4 Å². The molecule has 4 rings (SSSR count). The Kier molecular flexibility index (Phi) is 6.30. The van der Waals surface area contributed by atoms with Crippen molar-refractivity contribution in [2.24, 2.45) is 5.92 Å². The van der Waals surface area contributed by atoms with E-state index in [4.69, 9.17) is 5.26 Å². The second-order valence-corrected chi connectivity index (χ2v) is 9.07. The van der Waals surface area contributed by atoms with Gasteiger partial charge in [0.15, 0.2) is 0 Å². The van der Waals surface area contributed by atoms with Gasteiger partial charge in [0, 0.05) is 18.2 Å². The van der Waals surface area contributed by atoms with Gasteiger partial charge in [-0.2, -0.15) is 10.4 Å². The van der Waals surface area contributed by atoms with E-state index in [1.54, 1.807) is 16.6 Å². The predicted octanol–water partition coefficient (Wildman–Crippen LogP) is 2.50. The fraction of sp³-hybridized carbons (Fsp3) is 0.375. The van der Waals surface area contributed by atoms with Crippen LogP contribution in [0.1, 0.15) is 42.6 Å². The molecule has 3 heterocycles. The van der Waals surface area contributed by atoms with Crippen molar-refractivity contribution in [2.45, 2.75) is 44.5 Å². The van der Waals surface area contributed by atoms with Crippen molar-refractivity contribution in [2.75, 3.05) is 11.9 Å². The van der Waals surface area contributed by atoms with Gasteiger partial charge in [-0.05, 0) is 51.0 Å². The van der Waals surface area contributed by atoms with Gasteiger partial charge in [0.25, 0.3) is 5.91 Å². The number of nitriles is 1. The minimum Gasteiger partial charge on any atom is -0.387 e. The molecule has 1 aliphatic rings. The number of carbonyl (C=O) groups is 2. The van der Waals surface area contributed by atoms with Crippen molar-refractivity contribution in [1.82, 2.24) is 19.9 Å². The highest BCUT2D eigenvalue weighted by Gasteiger charge is 2.30. The number of aldehydes is 1. The summed E-state index contributed by atoms with van der Waals surface area (Å²) in [6, 6.07) is 9.13. The molecule has 1 fully saturated rings. The van der Waals surface area contributed by atoms with Crippen LogP contribution in [0.3, 0.4) is 0 Å². The van der Waals surface area contributed by atoms with Crippen LogP contribution in [0, 0.1) is 17.2 Å². The molecule has 0 bridgehead atoms. The van der Waals surface area contributed by atoms with E-state index in [0.29, 0.717) is 35.5 Å². The Hall–Kier alpha value is -3.84. The van der Waals surface area contributed by atoms with Crippen molar-refractivity contribution in [3.63, 3.8) is 0 Å². The lowest BCUT2D eigenvalue weighted by Crippen LogP contribution is -2.42. The summed E-state index contributed by atoms with van der Waals surface area (Å²) in [5.41, 5.74) is 1.51. The Balaban J connectivity index is 1.64. The molecule has 0 saturated heterocycles. The number of alkyl halides is 1. The third-order valence-electron chi connectivity index (χ3n) is 5.98. The molecule has 0 aromatic carbocycles. The fourth-order valence-corrected chi connectivity index (χ4v) is 3.79. The van der Waals surface area contributed by atoms with Gasteiger partial charge in [-0.3, -0.25) is 9.78 Å². The molecule has 3 N–H and O–H groups in total. The average Bonchev–Trinajstić information content (AvgIpc) is 3.21. The Bertz CT molecular complexity index is 1270. The summed E-state index contributed by atoms with van der Waals surface area (Å²) in [4.78, 5) is 28.3. The van der Waals surface area contributed by atoms with Crippen molar-refractivity contribution in [3.05, 3.63) is 47.8 Å². The van der Waals surface area contributed by atoms with Crippen LogP contribution >= 0.6 is 0 Å². The highest BCUT2D eigenvalue weighted by Crippen LogP contribution is 2.32. The van der Waals surface area contributed by atoms with E-state index in [9.17, 15) is 19.1 Å². The fourth-order valence-electron chi connectivity index (χ4n) is 3.79. The van der Waals surface area contributed by atoms with Crippen LogP contribution in [0.2, 0.25) is 0 Å².